The van der Waals surface area contributed by atoms with E-state index in [1.165, 1.54) is 18.2 Å². The maximum absolute atomic E-state index is 13.1. The van der Waals surface area contributed by atoms with Crippen molar-refractivity contribution in [2.75, 3.05) is 0 Å². The number of carboxylic acid groups (broad SMARTS) is 1. The molecule has 3 rings (SSSR count). The van der Waals surface area contributed by atoms with Crippen molar-refractivity contribution < 1.29 is 63.5 Å². The molecule has 1 aliphatic heterocycles. The van der Waals surface area contributed by atoms with Crippen LogP contribution in [0.25, 0.3) is 6.08 Å². The molecule has 0 saturated carbocycles. The van der Waals surface area contributed by atoms with Gasteiger partial charge in [-0.1, -0.05) is 29.3 Å². The van der Waals surface area contributed by atoms with Gasteiger partial charge in [-0.05, 0) is 36.4 Å². The van der Waals surface area contributed by atoms with Crippen molar-refractivity contribution in [3.8, 4) is 17.2 Å². The summed E-state index contributed by atoms with van der Waals surface area (Å²) in [5, 5.41) is 9.59. The Labute approximate surface area is 185 Å². The molecule has 0 fully saturated rings. The zero-order valence-corrected chi connectivity index (χ0v) is 17.2. The Morgan fingerprint density at radius 2 is 1.93 bits per heavy atom. The first-order chi connectivity index (χ1) is 12.2. The van der Waals surface area contributed by atoms with E-state index in [1.807, 2.05) is 0 Å². The first kappa shape index (κ1) is 21.9. The zero-order valence-electron chi connectivity index (χ0n) is 14.7. The van der Waals surface area contributed by atoms with Gasteiger partial charge in [0.2, 0.25) is 6.10 Å². The molecule has 1 heterocycles. The Balaban J connectivity index is 0.00000196. The number of halogens is 5. The number of rotatable bonds is 3. The number of hydrogen-bond donors (Lipinski definition) is 1. The molecule has 0 bridgehead atoms. The van der Waals surface area contributed by atoms with Crippen molar-refractivity contribution in [2.45, 2.75) is 12.3 Å². The van der Waals surface area contributed by atoms with Gasteiger partial charge in [-0.2, -0.15) is 13.2 Å². The van der Waals surface area contributed by atoms with E-state index in [4.69, 9.17) is 37.8 Å². The molecule has 0 spiro atoms. The van der Waals surface area contributed by atoms with Gasteiger partial charge in [-0.15, -0.1) is 0 Å². The number of fused-ring (bicyclic) bond motifs is 1. The maximum Gasteiger partial charge on any atom is 1.00 e. The quantitative estimate of drug-likeness (QED) is 0.763. The van der Waals surface area contributed by atoms with Gasteiger partial charge in [0, 0.05) is 5.02 Å². The van der Waals surface area contributed by atoms with E-state index in [-0.39, 0.29) is 58.8 Å². The van der Waals surface area contributed by atoms with Crippen LogP contribution in [-0.4, -0.2) is 23.4 Å². The Morgan fingerprint density at radius 1 is 1.22 bits per heavy atom. The number of carboxylic acids is 1. The van der Waals surface area contributed by atoms with Crippen LogP contribution in [0.2, 0.25) is 10.0 Å². The second kappa shape index (κ2) is 8.32. The third-order valence-electron chi connectivity index (χ3n) is 3.50. The Hall–Kier alpha value is -1.38. The van der Waals surface area contributed by atoms with Crippen LogP contribution in [0.1, 0.15) is 6.99 Å². The van der Waals surface area contributed by atoms with Crippen LogP contribution in [0.3, 0.4) is 0 Å². The summed E-state index contributed by atoms with van der Waals surface area (Å²) in [6.45, 7) is 0. The monoisotopic (exact) mass is 428 g/mol. The van der Waals surface area contributed by atoms with Crippen molar-refractivity contribution in [1.29, 1.82) is 0 Å². The summed E-state index contributed by atoms with van der Waals surface area (Å²) >= 11 is 12.0. The molecule has 4 nitrogen and oxygen atoms in total. The number of benzene rings is 2. The molecule has 0 radical (unpaired) electrons. The molecular weight excluding hydrogens is 419 g/mol. The van der Waals surface area contributed by atoms with Gasteiger partial charge in [0.05, 0.1) is 16.2 Å². The smallest absolute Gasteiger partial charge is 1.00 e. The van der Waals surface area contributed by atoms with E-state index >= 15 is 0 Å². The van der Waals surface area contributed by atoms with Crippen LogP contribution >= 0.6 is 23.2 Å². The van der Waals surface area contributed by atoms with E-state index in [2.05, 4.69) is 0 Å². The van der Waals surface area contributed by atoms with Crippen molar-refractivity contribution >= 4 is 35.2 Å². The Bertz CT molecular complexity index is 922. The average Bonchev–Trinajstić information content (AvgIpc) is 2.55. The fourth-order valence-corrected chi connectivity index (χ4v) is 2.77. The van der Waals surface area contributed by atoms with Gasteiger partial charge >= 0.3 is 41.7 Å². The van der Waals surface area contributed by atoms with Crippen molar-refractivity contribution in [3.05, 3.63) is 57.6 Å². The Kier molecular flexibility index (Phi) is 6.76. The number of alkyl halides is 3. The molecule has 2 aromatic carbocycles. The molecule has 1 aliphatic rings. The molecule has 1 N–H and O–H groups in total. The number of carbonyl (C=O) groups is 1. The van der Waals surface area contributed by atoms with E-state index in [0.29, 0.717) is 5.02 Å². The SMILES string of the molecule is O=C(O)C1=Cc2c(ccc(Cl)c2Oc2cccc(Cl)c2)OC1C(F)(F)F.[H-].[Na+]. The summed E-state index contributed by atoms with van der Waals surface area (Å²) in [6, 6.07) is 8.77. The van der Waals surface area contributed by atoms with Crippen LogP contribution in [0.4, 0.5) is 13.2 Å². The summed E-state index contributed by atoms with van der Waals surface area (Å²) in [7, 11) is 0. The van der Waals surface area contributed by atoms with Gasteiger partial charge in [0.1, 0.15) is 11.5 Å². The number of aliphatic carboxylic acids is 1. The summed E-state index contributed by atoms with van der Waals surface area (Å²) in [6.07, 6.45) is -6.63. The van der Waals surface area contributed by atoms with Gasteiger partial charge in [-0.25, -0.2) is 4.79 Å². The minimum atomic E-state index is -4.89. The Morgan fingerprint density at radius 3 is 2.52 bits per heavy atom. The molecule has 10 heteroatoms. The summed E-state index contributed by atoms with van der Waals surface area (Å²) < 4.78 is 49.9. The predicted molar refractivity (Wildman–Crippen MR) is 90.2 cm³/mol. The fraction of sp³-hybridized carbons (Fsp3) is 0.118. The maximum atomic E-state index is 13.1. The number of ether oxygens (including phenoxy) is 2. The normalized spacial score (nSPS) is 15.7. The molecule has 1 unspecified atom stereocenters. The minimum Gasteiger partial charge on any atom is -1.00 e. The third-order valence-corrected chi connectivity index (χ3v) is 4.03. The van der Waals surface area contributed by atoms with Crippen molar-refractivity contribution in [1.82, 2.24) is 0 Å². The van der Waals surface area contributed by atoms with Crippen LogP contribution < -0.4 is 39.0 Å². The minimum absolute atomic E-state index is 0. The second-order valence-corrected chi connectivity index (χ2v) is 6.14. The standard InChI is InChI=1S/C17H9Cl2F3O4.Na.H/c18-8-2-1-3-9(6-8)25-14-10-7-11(16(23)24)15(17(20,21)22)26-13(10)5-4-12(14)19;;/h1-7,15H,(H,23,24);;/q;+1;-1. The van der Waals surface area contributed by atoms with E-state index in [0.717, 1.165) is 6.08 Å². The zero-order chi connectivity index (χ0) is 19.1. The van der Waals surface area contributed by atoms with Crippen molar-refractivity contribution in [3.63, 3.8) is 0 Å². The van der Waals surface area contributed by atoms with Crippen LogP contribution in [-0.2, 0) is 4.79 Å². The second-order valence-electron chi connectivity index (χ2n) is 5.29. The molecular formula is C17H10Cl2F3NaO4. The molecule has 138 valence electrons. The van der Waals surface area contributed by atoms with Gasteiger partial charge in [-0.3, -0.25) is 0 Å². The summed E-state index contributed by atoms with van der Waals surface area (Å²) in [5.41, 5.74) is -0.974. The van der Waals surface area contributed by atoms with E-state index in [9.17, 15) is 18.0 Å². The molecule has 0 saturated heterocycles. The predicted octanol–water partition coefficient (Wildman–Crippen LogP) is 2.69. The first-order valence-electron chi connectivity index (χ1n) is 7.11. The summed E-state index contributed by atoms with van der Waals surface area (Å²) in [4.78, 5) is 11.3. The fourth-order valence-electron chi connectivity index (χ4n) is 2.39. The molecule has 27 heavy (non-hydrogen) atoms. The average molecular weight is 429 g/mol. The van der Waals surface area contributed by atoms with Crippen LogP contribution in [0, 0.1) is 0 Å². The number of hydrogen-bond acceptors (Lipinski definition) is 3. The molecule has 0 aliphatic carbocycles. The van der Waals surface area contributed by atoms with Gasteiger partial charge in [0.15, 0.2) is 5.75 Å². The topological polar surface area (TPSA) is 55.8 Å². The molecule has 0 aromatic heterocycles. The van der Waals surface area contributed by atoms with Crippen LogP contribution in [0.5, 0.6) is 17.2 Å². The van der Waals surface area contributed by atoms with Crippen LogP contribution in [0.15, 0.2) is 42.0 Å². The van der Waals surface area contributed by atoms with E-state index < -0.39 is 23.8 Å². The molecule has 2 aromatic rings. The van der Waals surface area contributed by atoms with E-state index in [1.54, 1.807) is 18.2 Å². The van der Waals surface area contributed by atoms with Gasteiger partial charge < -0.3 is 16.0 Å². The first-order valence-corrected chi connectivity index (χ1v) is 7.86. The largest absolute Gasteiger partial charge is 1.00 e. The molecule has 1 atom stereocenters. The summed E-state index contributed by atoms with van der Waals surface area (Å²) in [5.74, 6) is -1.72. The van der Waals surface area contributed by atoms with Gasteiger partial charge in [0.25, 0.3) is 0 Å². The third kappa shape index (κ3) is 4.73. The molecule has 0 amide bonds. The van der Waals surface area contributed by atoms with Crippen molar-refractivity contribution in [2.24, 2.45) is 0 Å².